The van der Waals surface area contributed by atoms with E-state index in [4.69, 9.17) is 5.11 Å². The summed E-state index contributed by atoms with van der Waals surface area (Å²) in [6.45, 7) is 0.208. The third kappa shape index (κ3) is 2.51. The highest BCUT2D eigenvalue weighted by Crippen LogP contribution is 2.08. The quantitative estimate of drug-likeness (QED) is 0.741. The van der Waals surface area contributed by atoms with Gasteiger partial charge in [-0.05, 0) is 0 Å². The number of amides is 1. The van der Waals surface area contributed by atoms with E-state index in [9.17, 15) is 9.59 Å². The maximum absolute atomic E-state index is 10.4. The van der Waals surface area contributed by atoms with E-state index >= 15 is 0 Å². The fourth-order valence-electron chi connectivity index (χ4n) is 0.760. The second-order valence-corrected chi connectivity index (χ2v) is 3.32. The SMILES string of the molecule is CN(Cc1csc(C=O)n1)C(=O)O. The van der Waals surface area contributed by atoms with Crippen molar-refractivity contribution in [2.24, 2.45) is 0 Å². The van der Waals surface area contributed by atoms with Gasteiger partial charge in [0.05, 0.1) is 12.2 Å². The minimum absolute atomic E-state index is 0.208. The predicted octanol–water partition coefficient (Wildman–Crippen LogP) is 1.07. The smallest absolute Gasteiger partial charge is 0.407 e. The summed E-state index contributed by atoms with van der Waals surface area (Å²) in [5.41, 5.74) is 0.594. The molecule has 0 atom stereocenters. The molecule has 5 nitrogen and oxygen atoms in total. The molecule has 0 unspecified atom stereocenters. The van der Waals surface area contributed by atoms with Crippen molar-refractivity contribution in [1.29, 1.82) is 0 Å². The van der Waals surface area contributed by atoms with E-state index in [1.165, 1.54) is 18.4 Å². The molecular formula is C7H8N2O3S. The van der Waals surface area contributed by atoms with Gasteiger partial charge in [0.1, 0.15) is 0 Å². The summed E-state index contributed by atoms with van der Waals surface area (Å²) in [5, 5.41) is 10.6. The summed E-state index contributed by atoms with van der Waals surface area (Å²) in [4.78, 5) is 25.7. The molecule has 0 aliphatic heterocycles. The van der Waals surface area contributed by atoms with Gasteiger partial charge in [-0.2, -0.15) is 0 Å². The van der Waals surface area contributed by atoms with Crippen LogP contribution in [-0.4, -0.2) is 34.4 Å². The van der Waals surface area contributed by atoms with Crippen molar-refractivity contribution in [1.82, 2.24) is 9.88 Å². The average Bonchev–Trinajstić information content (AvgIpc) is 2.52. The van der Waals surface area contributed by atoms with Crippen LogP contribution in [0.4, 0.5) is 4.79 Å². The standard InChI is InChI=1S/C7H8N2O3S/c1-9(7(11)12)2-5-4-13-6(3-10)8-5/h3-4H,2H2,1H3,(H,11,12). The second-order valence-electron chi connectivity index (χ2n) is 2.43. The molecule has 0 bridgehead atoms. The van der Waals surface area contributed by atoms with Crippen LogP contribution in [0, 0.1) is 0 Å². The molecule has 1 heterocycles. The van der Waals surface area contributed by atoms with Crippen molar-refractivity contribution in [3.63, 3.8) is 0 Å². The first kappa shape index (κ1) is 9.66. The fraction of sp³-hybridized carbons (Fsp3) is 0.286. The lowest BCUT2D eigenvalue weighted by molar-refractivity contribution is 0.112. The summed E-state index contributed by atoms with van der Waals surface area (Å²) in [6, 6.07) is 0. The van der Waals surface area contributed by atoms with Crippen molar-refractivity contribution in [3.8, 4) is 0 Å². The molecule has 0 aromatic carbocycles. The number of rotatable bonds is 3. The zero-order valence-electron chi connectivity index (χ0n) is 6.93. The van der Waals surface area contributed by atoms with Gasteiger partial charge in [0.2, 0.25) is 0 Å². The normalized spacial score (nSPS) is 9.62. The van der Waals surface area contributed by atoms with E-state index in [2.05, 4.69) is 4.98 Å². The molecule has 1 rings (SSSR count). The van der Waals surface area contributed by atoms with Gasteiger partial charge in [0.15, 0.2) is 11.3 Å². The lowest BCUT2D eigenvalue weighted by Gasteiger charge is -2.09. The van der Waals surface area contributed by atoms with Gasteiger partial charge in [-0.1, -0.05) is 0 Å². The lowest BCUT2D eigenvalue weighted by Crippen LogP contribution is -2.24. The molecule has 1 N–H and O–H groups in total. The maximum Gasteiger partial charge on any atom is 0.407 e. The molecule has 0 saturated heterocycles. The molecule has 1 aromatic rings. The zero-order chi connectivity index (χ0) is 9.84. The molecule has 1 aromatic heterocycles. The summed E-state index contributed by atoms with van der Waals surface area (Å²) in [5.74, 6) is 0. The average molecular weight is 200 g/mol. The highest BCUT2D eigenvalue weighted by Gasteiger charge is 2.08. The van der Waals surface area contributed by atoms with Gasteiger partial charge in [0, 0.05) is 12.4 Å². The van der Waals surface area contributed by atoms with Crippen LogP contribution in [0.2, 0.25) is 0 Å². The highest BCUT2D eigenvalue weighted by molar-refractivity contribution is 7.11. The molecule has 70 valence electrons. The van der Waals surface area contributed by atoms with Gasteiger partial charge in [0.25, 0.3) is 0 Å². The number of thiazole rings is 1. The topological polar surface area (TPSA) is 70.5 Å². The van der Waals surface area contributed by atoms with Crippen LogP contribution in [0.5, 0.6) is 0 Å². The first-order valence-corrected chi connectivity index (χ1v) is 4.35. The second kappa shape index (κ2) is 3.99. The summed E-state index contributed by atoms with van der Waals surface area (Å²) < 4.78 is 0. The van der Waals surface area contributed by atoms with Crippen molar-refractivity contribution >= 4 is 23.7 Å². The van der Waals surface area contributed by atoms with Crippen molar-refractivity contribution < 1.29 is 14.7 Å². The third-order valence-corrected chi connectivity index (χ3v) is 2.21. The summed E-state index contributed by atoms with van der Waals surface area (Å²) in [6.07, 6.45) is -0.366. The minimum atomic E-state index is -1.01. The molecule has 6 heteroatoms. The molecule has 1 amide bonds. The number of hydrogen-bond donors (Lipinski definition) is 1. The molecule has 13 heavy (non-hydrogen) atoms. The number of aldehydes is 1. The molecule has 0 saturated carbocycles. The van der Waals surface area contributed by atoms with Crippen molar-refractivity contribution in [2.75, 3.05) is 7.05 Å². The largest absolute Gasteiger partial charge is 0.465 e. The molecule has 0 radical (unpaired) electrons. The first-order chi connectivity index (χ1) is 6.13. The molecule has 0 aliphatic carbocycles. The van der Waals surface area contributed by atoms with Gasteiger partial charge < -0.3 is 10.0 Å². The Hall–Kier alpha value is -1.43. The number of carbonyl (C=O) groups is 2. The summed E-state index contributed by atoms with van der Waals surface area (Å²) >= 11 is 1.20. The van der Waals surface area contributed by atoms with Gasteiger partial charge in [-0.15, -0.1) is 11.3 Å². The zero-order valence-corrected chi connectivity index (χ0v) is 7.74. The molecule has 0 spiro atoms. The van der Waals surface area contributed by atoms with Crippen LogP contribution in [-0.2, 0) is 6.54 Å². The number of nitrogens with zero attached hydrogens (tertiary/aromatic N) is 2. The minimum Gasteiger partial charge on any atom is -0.465 e. The fourth-order valence-corrected chi connectivity index (χ4v) is 1.37. The lowest BCUT2D eigenvalue weighted by atomic mass is 10.4. The molecule has 0 aliphatic rings. The maximum atomic E-state index is 10.4. The number of hydrogen-bond acceptors (Lipinski definition) is 4. The van der Waals surface area contributed by atoms with Gasteiger partial charge in [-0.25, -0.2) is 9.78 Å². The van der Waals surface area contributed by atoms with Crippen LogP contribution in [0.15, 0.2) is 5.38 Å². The number of carbonyl (C=O) groups excluding carboxylic acids is 1. The Kier molecular flexibility index (Phi) is 2.97. The number of aromatic nitrogens is 1. The monoisotopic (exact) mass is 200 g/mol. The van der Waals surface area contributed by atoms with E-state index in [0.29, 0.717) is 17.0 Å². The van der Waals surface area contributed by atoms with E-state index < -0.39 is 6.09 Å². The third-order valence-electron chi connectivity index (χ3n) is 1.40. The van der Waals surface area contributed by atoms with Crippen LogP contribution in [0.1, 0.15) is 15.5 Å². The van der Waals surface area contributed by atoms with Crippen molar-refractivity contribution in [3.05, 3.63) is 16.1 Å². The Balaban J connectivity index is 2.63. The van der Waals surface area contributed by atoms with E-state index in [0.717, 1.165) is 4.90 Å². The Labute approximate surface area is 78.6 Å². The molecule has 0 fully saturated rings. The van der Waals surface area contributed by atoms with Crippen LogP contribution in [0.3, 0.4) is 0 Å². The van der Waals surface area contributed by atoms with E-state index in [1.54, 1.807) is 5.38 Å². The summed E-state index contributed by atoms with van der Waals surface area (Å²) in [7, 11) is 1.45. The Morgan fingerprint density at radius 3 is 3.00 bits per heavy atom. The predicted molar refractivity (Wildman–Crippen MR) is 47.0 cm³/mol. The van der Waals surface area contributed by atoms with E-state index in [1.807, 2.05) is 0 Å². The highest BCUT2D eigenvalue weighted by atomic mass is 32.1. The van der Waals surface area contributed by atoms with Crippen LogP contribution >= 0.6 is 11.3 Å². The molecular weight excluding hydrogens is 192 g/mol. The first-order valence-electron chi connectivity index (χ1n) is 3.47. The Morgan fingerprint density at radius 1 is 1.85 bits per heavy atom. The van der Waals surface area contributed by atoms with Gasteiger partial charge >= 0.3 is 6.09 Å². The Bertz CT molecular complexity index is 323. The van der Waals surface area contributed by atoms with Crippen LogP contribution in [0.25, 0.3) is 0 Å². The Morgan fingerprint density at radius 2 is 2.54 bits per heavy atom. The van der Waals surface area contributed by atoms with Crippen LogP contribution < -0.4 is 0 Å². The van der Waals surface area contributed by atoms with E-state index in [-0.39, 0.29) is 6.54 Å². The van der Waals surface area contributed by atoms with Gasteiger partial charge in [-0.3, -0.25) is 4.79 Å². The van der Waals surface area contributed by atoms with Crippen molar-refractivity contribution in [2.45, 2.75) is 6.54 Å². The number of carboxylic acid groups (broad SMARTS) is 1.